The molecule has 3 nitrogen and oxygen atoms in total. The molecule has 1 aromatic carbocycles. The van der Waals surface area contributed by atoms with Gasteiger partial charge in [0, 0.05) is 11.7 Å². The summed E-state index contributed by atoms with van der Waals surface area (Å²) in [7, 11) is 1.45. The molecule has 1 fully saturated rings. The van der Waals surface area contributed by atoms with Gasteiger partial charge in [0.15, 0.2) is 0 Å². The van der Waals surface area contributed by atoms with Crippen LogP contribution in [0.5, 0.6) is 0 Å². The fourth-order valence-corrected chi connectivity index (χ4v) is 2.30. The van der Waals surface area contributed by atoms with Gasteiger partial charge < -0.3 is 9.64 Å². The summed E-state index contributed by atoms with van der Waals surface area (Å²) in [6.45, 7) is 1.91. The highest BCUT2D eigenvalue weighted by atomic mass is 16.5. The molecular weight excluding hydrogens is 214 g/mol. The van der Waals surface area contributed by atoms with Crippen LogP contribution in [0, 0.1) is 0 Å². The Labute approximate surface area is 102 Å². The van der Waals surface area contributed by atoms with Gasteiger partial charge in [0.1, 0.15) is 6.04 Å². The molecule has 1 atom stereocenters. The molecule has 0 radical (unpaired) electrons. The minimum absolute atomic E-state index is 0.166. The van der Waals surface area contributed by atoms with Crippen LogP contribution in [0.3, 0.4) is 0 Å². The van der Waals surface area contributed by atoms with E-state index in [9.17, 15) is 4.79 Å². The zero-order valence-corrected chi connectivity index (χ0v) is 10.4. The lowest BCUT2D eigenvalue weighted by molar-refractivity contribution is -0.142. The summed E-state index contributed by atoms with van der Waals surface area (Å²) in [5, 5.41) is 0. The van der Waals surface area contributed by atoms with E-state index in [1.807, 2.05) is 25.1 Å². The van der Waals surface area contributed by atoms with Crippen molar-refractivity contribution >= 4 is 11.7 Å². The first-order valence-corrected chi connectivity index (χ1v) is 6.15. The zero-order chi connectivity index (χ0) is 12.3. The molecule has 0 aromatic heterocycles. The number of carbonyl (C=O) groups is 1. The molecule has 0 N–H and O–H groups in total. The fourth-order valence-electron chi connectivity index (χ4n) is 2.30. The van der Waals surface area contributed by atoms with E-state index in [4.69, 9.17) is 4.74 Å². The van der Waals surface area contributed by atoms with E-state index in [1.54, 1.807) is 0 Å². The van der Waals surface area contributed by atoms with Crippen molar-refractivity contribution in [2.45, 2.75) is 38.3 Å². The van der Waals surface area contributed by atoms with Crippen molar-refractivity contribution in [2.75, 3.05) is 12.0 Å². The third-order valence-corrected chi connectivity index (χ3v) is 3.48. The molecule has 1 aromatic rings. The number of anilines is 1. The van der Waals surface area contributed by atoms with Crippen molar-refractivity contribution in [3.05, 3.63) is 30.3 Å². The molecule has 1 saturated carbocycles. The molecule has 0 spiro atoms. The second kappa shape index (κ2) is 5.21. The third kappa shape index (κ3) is 2.43. The molecule has 92 valence electrons. The summed E-state index contributed by atoms with van der Waals surface area (Å²) >= 11 is 0. The molecule has 0 unspecified atom stereocenters. The van der Waals surface area contributed by atoms with Crippen molar-refractivity contribution < 1.29 is 9.53 Å². The third-order valence-electron chi connectivity index (χ3n) is 3.48. The summed E-state index contributed by atoms with van der Waals surface area (Å²) in [4.78, 5) is 13.9. The Hall–Kier alpha value is -1.51. The minimum atomic E-state index is -0.215. The second-order valence-corrected chi connectivity index (χ2v) is 4.53. The van der Waals surface area contributed by atoms with E-state index >= 15 is 0 Å². The van der Waals surface area contributed by atoms with Gasteiger partial charge in [-0.3, -0.25) is 0 Å². The zero-order valence-electron chi connectivity index (χ0n) is 10.4. The average molecular weight is 233 g/mol. The van der Waals surface area contributed by atoms with E-state index in [2.05, 4.69) is 17.0 Å². The standard InChI is InChI=1S/C14H19NO2/c1-11(14(16)17-2)15(13-9-6-10-13)12-7-4-3-5-8-12/h3-5,7-8,11,13H,6,9-10H2,1-2H3/t11-/m0/s1. The van der Waals surface area contributed by atoms with Gasteiger partial charge in [-0.1, -0.05) is 18.2 Å². The molecule has 3 heteroatoms. The van der Waals surface area contributed by atoms with Crippen LogP contribution < -0.4 is 4.90 Å². The van der Waals surface area contributed by atoms with Crippen LogP contribution in [0.15, 0.2) is 30.3 Å². The van der Waals surface area contributed by atoms with Gasteiger partial charge in [-0.15, -0.1) is 0 Å². The van der Waals surface area contributed by atoms with E-state index in [0.717, 1.165) is 18.5 Å². The minimum Gasteiger partial charge on any atom is -0.467 e. The van der Waals surface area contributed by atoms with Crippen molar-refractivity contribution in [1.29, 1.82) is 0 Å². The SMILES string of the molecule is COC(=O)[C@H](C)N(c1ccccc1)C1CCC1. The van der Waals surface area contributed by atoms with Crippen molar-refractivity contribution in [3.63, 3.8) is 0 Å². The largest absolute Gasteiger partial charge is 0.467 e. The van der Waals surface area contributed by atoms with E-state index in [0.29, 0.717) is 6.04 Å². The number of carbonyl (C=O) groups excluding carboxylic acids is 1. The van der Waals surface area contributed by atoms with E-state index < -0.39 is 0 Å². The maximum Gasteiger partial charge on any atom is 0.328 e. The number of hydrogen-bond donors (Lipinski definition) is 0. The van der Waals surface area contributed by atoms with Gasteiger partial charge in [-0.2, -0.15) is 0 Å². The fraction of sp³-hybridized carbons (Fsp3) is 0.500. The molecule has 17 heavy (non-hydrogen) atoms. The van der Waals surface area contributed by atoms with Crippen molar-refractivity contribution in [3.8, 4) is 0 Å². The lowest BCUT2D eigenvalue weighted by Crippen LogP contribution is -2.49. The molecule has 0 amide bonds. The molecular formula is C14H19NO2. The first-order valence-electron chi connectivity index (χ1n) is 6.15. The Balaban J connectivity index is 2.22. The number of benzene rings is 1. The maximum absolute atomic E-state index is 11.7. The highest BCUT2D eigenvalue weighted by molar-refractivity contribution is 5.79. The summed E-state index contributed by atoms with van der Waals surface area (Å²) in [6, 6.07) is 10.4. The number of nitrogens with zero attached hydrogens (tertiary/aromatic N) is 1. The monoisotopic (exact) mass is 233 g/mol. The molecule has 2 rings (SSSR count). The maximum atomic E-state index is 11.7. The van der Waals surface area contributed by atoms with Crippen LogP contribution in [0.2, 0.25) is 0 Å². The number of methoxy groups -OCH3 is 1. The van der Waals surface area contributed by atoms with Gasteiger partial charge in [0.05, 0.1) is 7.11 Å². The smallest absolute Gasteiger partial charge is 0.328 e. The number of hydrogen-bond acceptors (Lipinski definition) is 3. The van der Waals surface area contributed by atoms with Crippen LogP contribution >= 0.6 is 0 Å². The number of para-hydroxylation sites is 1. The Kier molecular flexibility index (Phi) is 3.67. The summed E-state index contributed by atoms with van der Waals surface area (Å²) in [5.41, 5.74) is 1.11. The molecule has 1 aliphatic rings. The summed E-state index contributed by atoms with van der Waals surface area (Å²) in [5.74, 6) is -0.166. The molecule has 1 aliphatic carbocycles. The van der Waals surface area contributed by atoms with Crippen LogP contribution in [-0.4, -0.2) is 25.2 Å². The molecule has 0 saturated heterocycles. The van der Waals surface area contributed by atoms with Crippen LogP contribution in [-0.2, 0) is 9.53 Å². The van der Waals surface area contributed by atoms with E-state index in [1.165, 1.54) is 13.5 Å². The lowest BCUT2D eigenvalue weighted by Gasteiger charge is -2.42. The van der Waals surface area contributed by atoms with Gasteiger partial charge >= 0.3 is 5.97 Å². The predicted octanol–water partition coefficient (Wildman–Crippen LogP) is 2.61. The van der Waals surface area contributed by atoms with Crippen LogP contribution in [0.1, 0.15) is 26.2 Å². The highest BCUT2D eigenvalue weighted by Gasteiger charge is 2.32. The van der Waals surface area contributed by atoms with Gasteiger partial charge in [-0.05, 0) is 38.3 Å². The molecule has 0 aliphatic heterocycles. The quantitative estimate of drug-likeness (QED) is 0.749. The van der Waals surface area contributed by atoms with E-state index in [-0.39, 0.29) is 12.0 Å². The van der Waals surface area contributed by atoms with Crippen molar-refractivity contribution in [2.24, 2.45) is 0 Å². The Morgan fingerprint density at radius 3 is 2.47 bits per heavy atom. The first-order chi connectivity index (χ1) is 8.24. The predicted molar refractivity (Wildman–Crippen MR) is 68.0 cm³/mol. The Bertz CT molecular complexity index is 373. The summed E-state index contributed by atoms with van der Waals surface area (Å²) < 4.78 is 4.85. The Morgan fingerprint density at radius 2 is 2.00 bits per heavy atom. The normalized spacial score (nSPS) is 17.1. The van der Waals surface area contributed by atoms with Gasteiger partial charge in [0.2, 0.25) is 0 Å². The molecule has 0 bridgehead atoms. The molecule has 0 heterocycles. The topological polar surface area (TPSA) is 29.5 Å². The number of esters is 1. The highest BCUT2D eigenvalue weighted by Crippen LogP contribution is 2.31. The summed E-state index contributed by atoms with van der Waals surface area (Å²) in [6.07, 6.45) is 3.58. The van der Waals surface area contributed by atoms with Crippen LogP contribution in [0.25, 0.3) is 0 Å². The van der Waals surface area contributed by atoms with Crippen molar-refractivity contribution in [1.82, 2.24) is 0 Å². The lowest BCUT2D eigenvalue weighted by atomic mass is 9.90. The van der Waals surface area contributed by atoms with Crippen LogP contribution in [0.4, 0.5) is 5.69 Å². The number of rotatable bonds is 4. The second-order valence-electron chi connectivity index (χ2n) is 4.53. The van der Waals surface area contributed by atoms with Gasteiger partial charge in [0.25, 0.3) is 0 Å². The number of ether oxygens (including phenoxy) is 1. The Morgan fingerprint density at radius 1 is 1.35 bits per heavy atom. The van der Waals surface area contributed by atoms with Gasteiger partial charge in [-0.25, -0.2) is 4.79 Å². The average Bonchev–Trinajstić information content (AvgIpc) is 2.32. The first kappa shape index (κ1) is 12.0.